The van der Waals surface area contributed by atoms with E-state index in [9.17, 15) is 9.59 Å². The molecule has 1 aliphatic carbocycles. The van der Waals surface area contributed by atoms with Gasteiger partial charge >= 0.3 is 0 Å². The average Bonchev–Trinajstić information content (AvgIpc) is 2.38. The van der Waals surface area contributed by atoms with Gasteiger partial charge < -0.3 is 0 Å². The number of amides is 2. The molecule has 0 radical (unpaired) electrons. The lowest BCUT2D eigenvalue weighted by Gasteiger charge is -2.31. The molecule has 2 aliphatic rings. The molecule has 3 heteroatoms. The molecule has 1 aliphatic heterocycles. The van der Waals surface area contributed by atoms with Gasteiger partial charge in [-0.3, -0.25) is 14.5 Å². The van der Waals surface area contributed by atoms with Crippen LogP contribution in [0.4, 0.5) is 0 Å². The van der Waals surface area contributed by atoms with Gasteiger partial charge in [-0.15, -0.1) is 0 Å². The molecule has 18 heavy (non-hydrogen) atoms. The molecule has 0 aromatic heterocycles. The van der Waals surface area contributed by atoms with Crippen LogP contribution < -0.4 is 0 Å². The van der Waals surface area contributed by atoms with Crippen molar-refractivity contribution in [2.75, 3.05) is 6.54 Å². The van der Waals surface area contributed by atoms with Crippen LogP contribution in [0, 0.1) is 0 Å². The van der Waals surface area contributed by atoms with Crippen LogP contribution in [0.25, 0.3) is 0 Å². The van der Waals surface area contributed by atoms with Crippen molar-refractivity contribution in [3.63, 3.8) is 0 Å². The van der Waals surface area contributed by atoms with E-state index in [0.717, 1.165) is 49.7 Å². The van der Waals surface area contributed by atoms with Crippen molar-refractivity contribution >= 4 is 11.8 Å². The van der Waals surface area contributed by atoms with Gasteiger partial charge in [0.25, 0.3) is 5.91 Å². The van der Waals surface area contributed by atoms with Crippen LogP contribution in [0.2, 0.25) is 0 Å². The SMILES string of the molecule is CCCCCCN1C(=O)CC2=C(CCCC2)C1=O. The van der Waals surface area contributed by atoms with Gasteiger partial charge in [0.1, 0.15) is 0 Å². The van der Waals surface area contributed by atoms with Gasteiger partial charge in [0.05, 0.1) is 0 Å². The Morgan fingerprint density at radius 1 is 1.06 bits per heavy atom. The minimum Gasteiger partial charge on any atom is -0.279 e. The molecule has 0 spiro atoms. The van der Waals surface area contributed by atoms with Crippen LogP contribution in [0.1, 0.15) is 64.7 Å². The molecule has 0 aromatic carbocycles. The summed E-state index contributed by atoms with van der Waals surface area (Å²) in [5.74, 6) is 0.0367. The van der Waals surface area contributed by atoms with Crippen molar-refractivity contribution < 1.29 is 9.59 Å². The van der Waals surface area contributed by atoms with Gasteiger partial charge in [0.15, 0.2) is 0 Å². The largest absolute Gasteiger partial charge is 0.279 e. The molecule has 0 atom stereocenters. The third kappa shape index (κ3) is 2.82. The van der Waals surface area contributed by atoms with Crippen LogP contribution in [0.3, 0.4) is 0 Å². The summed E-state index contributed by atoms with van der Waals surface area (Å²) < 4.78 is 0. The molecule has 100 valence electrons. The molecular weight excluding hydrogens is 226 g/mol. The highest BCUT2D eigenvalue weighted by Gasteiger charge is 2.33. The number of rotatable bonds is 5. The molecule has 1 heterocycles. The molecule has 2 amide bonds. The van der Waals surface area contributed by atoms with Gasteiger partial charge in [-0.1, -0.05) is 31.8 Å². The molecule has 0 fully saturated rings. The number of hydrogen-bond acceptors (Lipinski definition) is 2. The van der Waals surface area contributed by atoms with Crippen LogP contribution in [0.5, 0.6) is 0 Å². The quantitative estimate of drug-likeness (QED) is 0.554. The first-order valence-electron chi connectivity index (χ1n) is 7.29. The summed E-state index contributed by atoms with van der Waals surface area (Å²) in [5, 5.41) is 0. The molecule has 0 saturated carbocycles. The number of imide groups is 1. The number of carbonyl (C=O) groups is 2. The Labute approximate surface area is 109 Å². The van der Waals surface area contributed by atoms with E-state index in [1.807, 2.05) is 0 Å². The number of hydrogen-bond donors (Lipinski definition) is 0. The maximum atomic E-state index is 12.3. The maximum absolute atomic E-state index is 12.3. The Kier molecular flexibility index (Phi) is 4.56. The minimum atomic E-state index is 0.0115. The summed E-state index contributed by atoms with van der Waals surface area (Å²) in [5.41, 5.74) is 2.08. The second kappa shape index (κ2) is 6.17. The lowest BCUT2D eigenvalue weighted by molar-refractivity contribution is -0.143. The maximum Gasteiger partial charge on any atom is 0.256 e. The van der Waals surface area contributed by atoms with Gasteiger partial charge in [-0.25, -0.2) is 0 Å². The standard InChI is InChI=1S/C15H23NO2/c1-2-3-4-7-10-16-14(17)11-12-8-5-6-9-13(12)15(16)18/h2-11H2,1H3. The summed E-state index contributed by atoms with van der Waals surface area (Å²) >= 11 is 0. The normalized spacial score (nSPS) is 20.4. The number of carbonyl (C=O) groups excluding carboxylic acids is 2. The highest BCUT2D eigenvalue weighted by Crippen LogP contribution is 2.32. The molecule has 0 bridgehead atoms. The Hall–Kier alpha value is -1.12. The predicted molar refractivity (Wildman–Crippen MR) is 71.0 cm³/mol. The first kappa shape index (κ1) is 13.3. The van der Waals surface area contributed by atoms with Gasteiger partial charge in [0, 0.05) is 18.5 Å². The molecule has 3 nitrogen and oxygen atoms in total. The second-order valence-corrected chi connectivity index (χ2v) is 5.38. The first-order chi connectivity index (χ1) is 8.74. The Morgan fingerprint density at radius 3 is 2.61 bits per heavy atom. The summed E-state index contributed by atoms with van der Waals surface area (Å²) in [6.07, 6.45) is 8.99. The Morgan fingerprint density at radius 2 is 1.83 bits per heavy atom. The van der Waals surface area contributed by atoms with Crippen LogP contribution in [-0.4, -0.2) is 23.3 Å². The number of nitrogens with zero attached hydrogens (tertiary/aromatic N) is 1. The van der Waals surface area contributed by atoms with Crippen LogP contribution in [0.15, 0.2) is 11.1 Å². The summed E-state index contributed by atoms with van der Waals surface area (Å²) in [4.78, 5) is 25.8. The van der Waals surface area contributed by atoms with E-state index >= 15 is 0 Å². The van der Waals surface area contributed by atoms with Crippen molar-refractivity contribution in [1.29, 1.82) is 0 Å². The molecular formula is C15H23NO2. The van der Waals surface area contributed by atoms with E-state index in [2.05, 4.69) is 6.92 Å². The predicted octanol–water partition coefficient (Wildman–Crippen LogP) is 3.20. The fraction of sp³-hybridized carbons (Fsp3) is 0.733. The van der Waals surface area contributed by atoms with Crippen LogP contribution >= 0.6 is 0 Å². The molecule has 0 N–H and O–H groups in total. The molecule has 0 unspecified atom stereocenters. The minimum absolute atomic E-state index is 0.0115. The summed E-state index contributed by atoms with van der Waals surface area (Å²) in [6.45, 7) is 2.78. The fourth-order valence-corrected chi connectivity index (χ4v) is 2.90. The topological polar surface area (TPSA) is 37.4 Å². The average molecular weight is 249 g/mol. The van der Waals surface area contributed by atoms with E-state index in [1.54, 1.807) is 0 Å². The smallest absolute Gasteiger partial charge is 0.256 e. The Balaban J connectivity index is 1.97. The van der Waals surface area contributed by atoms with Gasteiger partial charge in [0.2, 0.25) is 5.91 Å². The highest BCUT2D eigenvalue weighted by atomic mass is 16.2. The first-order valence-corrected chi connectivity index (χ1v) is 7.29. The third-order valence-corrected chi connectivity index (χ3v) is 3.99. The third-order valence-electron chi connectivity index (χ3n) is 3.99. The van der Waals surface area contributed by atoms with Crippen molar-refractivity contribution in [3.05, 3.63) is 11.1 Å². The molecule has 0 aromatic rings. The zero-order chi connectivity index (χ0) is 13.0. The van der Waals surface area contributed by atoms with E-state index in [1.165, 1.54) is 17.7 Å². The van der Waals surface area contributed by atoms with E-state index in [-0.39, 0.29) is 11.8 Å². The highest BCUT2D eigenvalue weighted by molar-refractivity contribution is 6.08. The lowest BCUT2D eigenvalue weighted by atomic mass is 9.86. The lowest BCUT2D eigenvalue weighted by Crippen LogP contribution is -2.42. The zero-order valence-corrected chi connectivity index (χ0v) is 11.3. The second-order valence-electron chi connectivity index (χ2n) is 5.38. The van der Waals surface area contributed by atoms with Gasteiger partial charge in [-0.2, -0.15) is 0 Å². The number of unbranched alkanes of at least 4 members (excludes halogenated alkanes) is 3. The summed E-state index contributed by atoms with van der Waals surface area (Å²) in [6, 6.07) is 0. The van der Waals surface area contributed by atoms with E-state index in [0.29, 0.717) is 13.0 Å². The van der Waals surface area contributed by atoms with Crippen molar-refractivity contribution in [2.24, 2.45) is 0 Å². The monoisotopic (exact) mass is 249 g/mol. The zero-order valence-electron chi connectivity index (χ0n) is 11.3. The molecule has 2 rings (SSSR count). The van der Waals surface area contributed by atoms with Crippen molar-refractivity contribution in [1.82, 2.24) is 4.90 Å². The van der Waals surface area contributed by atoms with E-state index < -0.39 is 0 Å². The van der Waals surface area contributed by atoms with Crippen LogP contribution in [-0.2, 0) is 9.59 Å². The van der Waals surface area contributed by atoms with Gasteiger partial charge in [-0.05, 0) is 32.1 Å². The van der Waals surface area contributed by atoms with E-state index in [4.69, 9.17) is 0 Å². The molecule has 0 saturated heterocycles. The van der Waals surface area contributed by atoms with Crippen molar-refractivity contribution in [2.45, 2.75) is 64.7 Å². The van der Waals surface area contributed by atoms with Crippen molar-refractivity contribution in [3.8, 4) is 0 Å². The Bertz CT molecular complexity index is 371. The fourth-order valence-electron chi connectivity index (χ4n) is 2.90. The summed E-state index contributed by atoms with van der Waals surface area (Å²) in [7, 11) is 0.